The van der Waals surface area contributed by atoms with Gasteiger partial charge in [-0.05, 0) is 53.4 Å². The summed E-state index contributed by atoms with van der Waals surface area (Å²) in [4.78, 5) is 0. The summed E-state index contributed by atoms with van der Waals surface area (Å²) in [5.74, 6) is 0. The van der Waals surface area contributed by atoms with E-state index in [1.165, 1.54) is 38.2 Å². The zero-order valence-electron chi connectivity index (χ0n) is 9.39. The van der Waals surface area contributed by atoms with E-state index in [0.29, 0.717) is 0 Å². The zero-order valence-corrected chi connectivity index (χ0v) is 9.39. The quantitative estimate of drug-likeness (QED) is 0.499. The minimum atomic E-state index is 1.34. The molecule has 0 fully saturated rings. The van der Waals surface area contributed by atoms with Crippen LogP contribution in [0.4, 0.5) is 0 Å². The van der Waals surface area contributed by atoms with Crippen LogP contribution >= 0.6 is 0 Å². The van der Waals surface area contributed by atoms with Gasteiger partial charge in [-0.15, -0.1) is 0 Å². The summed E-state index contributed by atoms with van der Waals surface area (Å²) in [5, 5.41) is 5.64. The smallest absolute Gasteiger partial charge is 0.00333 e. The summed E-state index contributed by atoms with van der Waals surface area (Å²) in [6.07, 6.45) is 0. The molecule has 0 amide bonds. The first-order valence-electron chi connectivity index (χ1n) is 5.39. The summed E-state index contributed by atoms with van der Waals surface area (Å²) >= 11 is 0. The highest BCUT2D eigenvalue weighted by Gasteiger charge is 2.08. The highest BCUT2D eigenvalue weighted by molar-refractivity contribution is 6.15. The van der Waals surface area contributed by atoms with Gasteiger partial charge in [0.25, 0.3) is 0 Å². The van der Waals surface area contributed by atoms with Crippen LogP contribution in [0.25, 0.3) is 21.5 Å². The molecule has 3 aromatic rings. The minimum absolute atomic E-state index is 1.34. The molecule has 15 heavy (non-hydrogen) atoms. The van der Waals surface area contributed by atoms with E-state index in [2.05, 4.69) is 51.1 Å². The molecule has 3 aromatic carbocycles. The second kappa shape index (κ2) is 2.73. The molecule has 0 aliphatic heterocycles. The third-order valence-electron chi connectivity index (χ3n) is 3.29. The largest absolute Gasteiger partial charge is 0.0557 e. The topological polar surface area (TPSA) is 0 Å². The monoisotopic (exact) mass is 194 g/mol. The van der Waals surface area contributed by atoms with E-state index in [9.17, 15) is 0 Å². The zero-order chi connectivity index (χ0) is 10.6. The van der Waals surface area contributed by atoms with Gasteiger partial charge in [0.15, 0.2) is 0 Å². The molecule has 0 saturated carbocycles. The Labute approximate surface area is 89.9 Å². The van der Waals surface area contributed by atoms with Crippen LogP contribution in [0.5, 0.6) is 0 Å². The Morgan fingerprint density at radius 2 is 1.33 bits per heavy atom. The van der Waals surface area contributed by atoms with Crippen molar-refractivity contribution in [3.8, 4) is 0 Å². The molecule has 0 nitrogen and oxygen atoms in total. The van der Waals surface area contributed by atoms with Crippen LogP contribution in [-0.2, 0) is 0 Å². The van der Waals surface area contributed by atoms with Gasteiger partial charge < -0.3 is 0 Å². The molecule has 0 saturated heterocycles. The fourth-order valence-corrected chi connectivity index (χ4v) is 2.65. The third-order valence-corrected chi connectivity index (χ3v) is 3.29. The summed E-state index contributed by atoms with van der Waals surface area (Å²) in [5.41, 5.74) is 4.11. The molecule has 0 spiro atoms. The lowest BCUT2D eigenvalue weighted by Gasteiger charge is -1.88. The molecule has 0 bridgehead atoms. The maximum Gasteiger partial charge on any atom is -0.00333 e. The fourth-order valence-electron chi connectivity index (χ4n) is 2.65. The van der Waals surface area contributed by atoms with Crippen molar-refractivity contribution in [1.29, 1.82) is 0 Å². The average molecular weight is 194 g/mol. The van der Waals surface area contributed by atoms with Crippen LogP contribution in [0.3, 0.4) is 0 Å². The van der Waals surface area contributed by atoms with E-state index in [4.69, 9.17) is 0 Å². The Hall–Kier alpha value is -1.56. The van der Waals surface area contributed by atoms with Crippen molar-refractivity contribution in [2.45, 2.75) is 20.8 Å². The summed E-state index contributed by atoms with van der Waals surface area (Å²) in [7, 11) is 0. The fraction of sp³-hybridized carbons (Fsp3) is 0.200. The summed E-state index contributed by atoms with van der Waals surface area (Å²) in [6.45, 7) is 6.56. The Kier molecular flexibility index (Phi) is 1.59. The van der Waals surface area contributed by atoms with Crippen molar-refractivity contribution in [3.63, 3.8) is 0 Å². The molecule has 0 atom stereocenters. The molecule has 3 rings (SSSR count). The van der Waals surface area contributed by atoms with E-state index >= 15 is 0 Å². The molecule has 0 heterocycles. The van der Waals surface area contributed by atoms with Crippen LogP contribution in [0, 0.1) is 20.8 Å². The van der Waals surface area contributed by atoms with E-state index in [1.54, 1.807) is 0 Å². The van der Waals surface area contributed by atoms with Gasteiger partial charge in [0.1, 0.15) is 0 Å². The third kappa shape index (κ3) is 1.08. The van der Waals surface area contributed by atoms with Gasteiger partial charge in [0.05, 0.1) is 0 Å². The average Bonchev–Trinajstić information content (AvgIpc) is 2.66. The predicted octanol–water partition coefficient (Wildman–Crippen LogP) is 4.36. The van der Waals surface area contributed by atoms with E-state index in [-0.39, 0.29) is 0 Å². The van der Waals surface area contributed by atoms with Crippen LogP contribution < -0.4 is 0 Å². The van der Waals surface area contributed by atoms with Crippen LogP contribution in [0.15, 0.2) is 30.3 Å². The SMILES string of the molecule is Cc1cc(C)c2ccc3c(C)cc(c1)c23. The highest BCUT2D eigenvalue weighted by atomic mass is 14.1. The molecular weight excluding hydrogens is 180 g/mol. The maximum absolute atomic E-state index is 2.30. The molecule has 0 aromatic heterocycles. The minimum Gasteiger partial charge on any atom is -0.0557 e. The first-order chi connectivity index (χ1) is 7.16. The van der Waals surface area contributed by atoms with Crippen LogP contribution in [0.2, 0.25) is 0 Å². The second-order valence-electron chi connectivity index (χ2n) is 4.53. The van der Waals surface area contributed by atoms with Gasteiger partial charge in [-0.25, -0.2) is 0 Å². The van der Waals surface area contributed by atoms with Gasteiger partial charge in [0, 0.05) is 0 Å². The van der Waals surface area contributed by atoms with Gasteiger partial charge in [-0.2, -0.15) is 0 Å². The number of hydrogen-bond acceptors (Lipinski definition) is 0. The van der Waals surface area contributed by atoms with Crippen LogP contribution in [0.1, 0.15) is 16.7 Å². The van der Waals surface area contributed by atoms with Crippen molar-refractivity contribution < 1.29 is 0 Å². The van der Waals surface area contributed by atoms with Gasteiger partial charge in [-0.1, -0.05) is 35.9 Å². The lowest BCUT2D eigenvalue weighted by atomic mass is 10.2. The summed E-state index contributed by atoms with van der Waals surface area (Å²) in [6, 6.07) is 11.3. The standard InChI is InChI=1S/C15H14/c1-9-6-10(2)13-4-5-14-11(3)8-12(7-9)15(13)14/h4-8H,1-3H3. The Morgan fingerprint density at radius 1 is 0.733 bits per heavy atom. The van der Waals surface area contributed by atoms with Gasteiger partial charge in [-0.3, -0.25) is 0 Å². The molecule has 0 aliphatic rings. The van der Waals surface area contributed by atoms with Crippen molar-refractivity contribution in [3.05, 3.63) is 47.0 Å². The first kappa shape index (κ1) is 8.72. The normalized spacial score (nSPS) is 11.7. The molecule has 0 unspecified atom stereocenters. The Balaban J connectivity index is 2.70. The van der Waals surface area contributed by atoms with E-state index < -0.39 is 0 Å². The molecule has 0 radical (unpaired) electrons. The first-order valence-corrected chi connectivity index (χ1v) is 5.39. The Morgan fingerprint density at radius 3 is 2.00 bits per heavy atom. The summed E-state index contributed by atoms with van der Waals surface area (Å²) < 4.78 is 0. The lowest BCUT2D eigenvalue weighted by molar-refractivity contribution is 1.46. The van der Waals surface area contributed by atoms with Crippen molar-refractivity contribution >= 4 is 21.5 Å². The maximum atomic E-state index is 2.30. The van der Waals surface area contributed by atoms with Crippen molar-refractivity contribution in [2.24, 2.45) is 0 Å². The van der Waals surface area contributed by atoms with Crippen molar-refractivity contribution in [1.82, 2.24) is 0 Å². The highest BCUT2D eigenvalue weighted by Crippen LogP contribution is 2.34. The van der Waals surface area contributed by atoms with Crippen LogP contribution in [-0.4, -0.2) is 0 Å². The van der Waals surface area contributed by atoms with E-state index in [0.717, 1.165) is 0 Å². The number of hydrogen-bond donors (Lipinski definition) is 0. The number of rotatable bonds is 0. The van der Waals surface area contributed by atoms with Gasteiger partial charge >= 0.3 is 0 Å². The van der Waals surface area contributed by atoms with Crippen molar-refractivity contribution in [2.75, 3.05) is 0 Å². The predicted molar refractivity (Wildman–Crippen MR) is 66.9 cm³/mol. The van der Waals surface area contributed by atoms with Gasteiger partial charge in [0.2, 0.25) is 0 Å². The Bertz CT molecular complexity index is 647. The molecule has 0 aliphatic carbocycles. The molecule has 0 heteroatoms. The molecule has 74 valence electrons. The van der Waals surface area contributed by atoms with E-state index in [1.807, 2.05) is 0 Å². The molecular formula is C15H14. The molecule has 0 N–H and O–H groups in total. The second-order valence-corrected chi connectivity index (χ2v) is 4.53. The number of aryl methyl sites for hydroxylation is 3. The lowest BCUT2D eigenvalue weighted by Crippen LogP contribution is -1.66.